The van der Waals surface area contributed by atoms with Crippen LogP contribution in [0.15, 0.2) is 105 Å². The highest BCUT2D eigenvalue weighted by atomic mass is 35.5. The van der Waals surface area contributed by atoms with Gasteiger partial charge in [-0.25, -0.2) is 0 Å². The Morgan fingerprint density at radius 2 is 0.957 bits per heavy atom. The summed E-state index contributed by atoms with van der Waals surface area (Å²) in [6.45, 7) is 12.2. The molecule has 2 aliphatic rings. The summed E-state index contributed by atoms with van der Waals surface area (Å²) < 4.78 is 0. The minimum atomic E-state index is -1.46. The molecule has 0 bridgehead atoms. The van der Waals surface area contributed by atoms with Crippen LogP contribution in [-0.2, 0) is 19.2 Å². The molecule has 370 valence electrons. The Morgan fingerprint density at radius 3 is 1.30 bits per heavy atom. The second-order valence-electron chi connectivity index (χ2n) is 17.9. The number of benzene rings is 4. The molecular formula is C52H62Cl2N10O6. The molecule has 4 amide bonds. The van der Waals surface area contributed by atoms with E-state index in [0.29, 0.717) is 58.8 Å². The summed E-state index contributed by atoms with van der Waals surface area (Å²) in [5.74, 6) is -2.90. The van der Waals surface area contributed by atoms with Crippen molar-refractivity contribution in [3.05, 3.63) is 106 Å². The van der Waals surface area contributed by atoms with Gasteiger partial charge in [0, 0.05) is 60.8 Å². The van der Waals surface area contributed by atoms with Gasteiger partial charge in [-0.3, -0.25) is 28.8 Å². The van der Waals surface area contributed by atoms with Gasteiger partial charge in [-0.05, 0) is 163 Å². The van der Waals surface area contributed by atoms with Gasteiger partial charge in [0.15, 0.2) is 11.6 Å². The SMILES string of the molecule is CC(=O)C(N=Nc1ccc(-c2ccc(N=NC(C(C)=O)C(=O)Nc3ccc(C(=O)NCCCN4CCCCC4C)cc3)c(Cl)c2)cc1Cl)C(=O)Nc1ccc(C(=O)NCCCN2CCCCC2C)cc1. The number of azo groups is 2. The van der Waals surface area contributed by atoms with E-state index in [1.807, 2.05) is 0 Å². The van der Waals surface area contributed by atoms with Crippen LogP contribution in [0.5, 0.6) is 0 Å². The maximum absolute atomic E-state index is 13.2. The van der Waals surface area contributed by atoms with E-state index >= 15 is 0 Å². The van der Waals surface area contributed by atoms with Crippen LogP contribution < -0.4 is 21.3 Å². The summed E-state index contributed by atoms with van der Waals surface area (Å²) in [4.78, 5) is 81.7. The molecule has 2 heterocycles. The van der Waals surface area contributed by atoms with Gasteiger partial charge in [0.05, 0.1) is 10.0 Å². The minimum absolute atomic E-state index is 0.181. The van der Waals surface area contributed by atoms with Gasteiger partial charge in [0.25, 0.3) is 23.6 Å². The minimum Gasteiger partial charge on any atom is -0.352 e. The van der Waals surface area contributed by atoms with E-state index in [-0.39, 0.29) is 33.2 Å². The molecule has 0 radical (unpaired) electrons. The number of halogens is 2. The van der Waals surface area contributed by atoms with Crippen LogP contribution in [0.25, 0.3) is 11.1 Å². The number of nitrogens with zero attached hydrogens (tertiary/aromatic N) is 6. The zero-order valence-electron chi connectivity index (χ0n) is 40.2. The van der Waals surface area contributed by atoms with Crippen molar-refractivity contribution in [1.82, 2.24) is 20.4 Å². The second kappa shape index (κ2) is 26.1. The number of hydrogen-bond acceptors (Lipinski definition) is 12. The monoisotopic (exact) mass is 992 g/mol. The first-order valence-corrected chi connectivity index (χ1v) is 24.7. The van der Waals surface area contributed by atoms with E-state index in [0.717, 1.165) is 39.0 Å². The van der Waals surface area contributed by atoms with Crippen molar-refractivity contribution in [2.24, 2.45) is 20.5 Å². The predicted molar refractivity (Wildman–Crippen MR) is 274 cm³/mol. The molecule has 0 saturated carbocycles. The summed E-state index contributed by atoms with van der Waals surface area (Å²) in [6.07, 6.45) is 9.10. The van der Waals surface area contributed by atoms with Crippen molar-refractivity contribution in [3.63, 3.8) is 0 Å². The van der Waals surface area contributed by atoms with Crippen LogP contribution in [0, 0.1) is 0 Å². The van der Waals surface area contributed by atoms with Crippen LogP contribution in [0.3, 0.4) is 0 Å². The molecule has 4 aromatic carbocycles. The standard InChI is InChI=1S/C52H62Cl2N10O6/c1-33-11-5-7-27-63(33)29-9-25-55-49(67)37-13-19-41(20-14-37)57-51(69)47(35(3)65)61-59-45-23-17-39(31-43(45)53)40-18-24-46(44(54)32-40)60-62-48(36(4)66)52(70)58-42-21-15-38(16-22-42)50(68)56-26-10-30-64-28-8-6-12-34(64)2/h13-24,31-34,47-48H,5-12,25-30H2,1-4H3,(H,55,67)(H,56,68)(H,57,69)(H,58,70). The number of piperidine rings is 2. The first-order chi connectivity index (χ1) is 33.7. The van der Waals surface area contributed by atoms with E-state index in [9.17, 15) is 28.8 Å². The van der Waals surface area contributed by atoms with Crippen LogP contribution >= 0.6 is 23.2 Å². The Labute approximate surface area is 419 Å². The Balaban J connectivity index is 0.981. The molecule has 0 aromatic heterocycles. The molecule has 4 unspecified atom stereocenters. The zero-order valence-corrected chi connectivity index (χ0v) is 41.7. The number of likely N-dealkylation sites (tertiary alicyclic amines) is 2. The lowest BCUT2D eigenvalue weighted by atomic mass is 10.0. The van der Waals surface area contributed by atoms with E-state index in [2.05, 4.69) is 65.4 Å². The maximum atomic E-state index is 13.2. The van der Waals surface area contributed by atoms with E-state index in [1.165, 1.54) is 52.4 Å². The van der Waals surface area contributed by atoms with Crippen LogP contribution in [0.1, 0.15) is 99.8 Å². The Hall–Kier alpha value is -6.20. The highest BCUT2D eigenvalue weighted by molar-refractivity contribution is 6.34. The van der Waals surface area contributed by atoms with Crippen molar-refractivity contribution in [2.45, 2.75) is 103 Å². The molecule has 0 spiro atoms. The predicted octanol–water partition coefficient (Wildman–Crippen LogP) is 10.0. The van der Waals surface area contributed by atoms with Crippen molar-refractivity contribution in [2.75, 3.05) is 49.9 Å². The molecule has 6 rings (SSSR count). The number of carbonyl (C=O) groups excluding carboxylic acids is 6. The largest absolute Gasteiger partial charge is 0.352 e. The van der Waals surface area contributed by atoms with Crippen LogP contribution in [-0.4, -0.2) is 108 Å². The molecular weight excluding hydrogens is 932 g/mol. The fraction of sp³-hybridized carbons (Fsp3) is 0.423. The molecule has 4 N–H and O–H groups in total. The summed E-state index contributed by atoms with van der Waals surface area (Å²) in [5.41, 5.74) is 3.35. The Bertz CT molecular complexity index is 2380. The molecule has 2 saturated heterocycles. The van der Waals surface area contributed by atoms with Crippen molar-refractivity contribution < 1.29 is 28.8 Å². The molecule has 4 atom stereocenters. The smallest absolute Gasteiger partial charge is 0.258 e. The number of Topliss-reactive ketones (excluding diaryl/α,β-unsaturated/α-hetero) is 2. The second-order valence-corrected chi connectivity index (χ2v) is 18.7. The number of anilines is 2. The van der Waals surface area contributed by atoms with Crippen LogP contribution in [0.4, 0.5) is 22.7 Å². The highest BCUT2D eigenvalue weighted by Gasteiger charge is 2.26. The third-order valence-corrected chi connectivity index (χ3v) is 13.2. The van der Waals surface area contributed by atoms with Gasteiger partial charge in [-0.1, -0.05) is 48.2 Å². The van der Waals surface area contributed by atoms with Gasteiger partial charge in [-0.15, -0.1) is 0 Å². The fourth-order valence-electron chi connectivity index (χ4n) is 8.39. The van der Waals surface area contributed by atoms with Crippen molar-refractivity contribution >= 4 is 81.1 Å². The average molecular weight is 994 g/mol. The third kappa shape index (κ3) is 15.4. The molecule has 4 aromatic rings. The third-order valence-electron chi connectivity index (χ3n) is 12.6. The molecule has 2 fully saturated rings. The average Bonchev–Trinajstić information content (AvgIpc) is 3.34. The zero-order chi connectivity index (χ0) is 50.2. The van der Waals surface area contributed by atoms with E-state index < -0.39 is 35.5 Å². The summed E-state index contributed by atoms with van der Waals surface area (Å²) in [6, 6.07) is 20.7. The van der Waals surface area contributed by atoms with Gasteiger partial charge < -0.3 is 31.1 Å². The van der Waals surface area contributed by atoms with E-state index in [1.54, 1.807) is 84.9 Å². The first kappa shape index (κ1) is 53.2. The molecule has 18 heteroatoms. The number of amides is 4. The lowest BCUT2D eigenvalue weighted by Gasteiger charge is -2.33. The van der Waals surface area contributed by atoms with Gasteiger partial charge >= 0.3 is 0 Å². The summed E-state index contributed by atoms with van der Waals surface area (Å²) in [7, 11) is 0. The molecule has 2 aliphatic heterocycles. The quantitative estimate of drug-likeness (QED) is 0.0358. The Kier molecular flexibility index (Phi) is 19.8. The Morgan fingerprint density at radius 1 is 0.571 bits per heavy atom. The number of nitrogens with one attached hydrogen (secondary N) is 4. The summed E-state index contributed by atoms with van der Waals surface area (Å²) >= 11 is 13.2. The lowest BCUT2D eigenvalue weighted by molar-refractivity contribution is -0.127. The fourth-order valence-corrected chi connectivity index (χ4v) is 8.83. The lowest BCUT2D eigenvalue weighted by Crippen LogP contribution is -2.39. The van der Waals surface area contributed by atoms with Crippen molar-refractivity contribution in [1.29, 1.82) is 0 Å². The van der Waals surface area contributed by atoms with E-state index in [4.69, 9.17) is 23.2 Å². The van der Waals surface area contributed by atoms with Gasteiger partial charge in [0.1, 0.15) is 11.4 Å². The molecule has 70 heavy (non-hydrogen) atoms. The van der Waals surface area contributed by atoms with Crippen LogP contribution in [0.2, 0.25) is 10.0 Å². The topological polar surface area (TPSA) is 206 Å². The number of rotatable bonds is 21. The van der Waals surface area contributed by atoms with Gasteiger partial charge in [0.2, 0.25) is 12.1 Å². The molecule has 16 nitrogen and oxygen atoms in total. The number of hydrogen-bond donors (Lipinski definition) is 4. The highest BCUT2D eigenvalue weighted by Crippen LogP contribution is 2.35. The van der Waals surface area contributed by atoms with Crippen molar-refractivity contribution in [3.8, 4) is 11.1 Å². The maximum Gasteiger partial charge on any atom is 0.258 e. The number of ketones is 2. The first-order valence-electron chi connectivity index (χ1n) is 23.9. The number of carbonyl (C=O) groups is 6. The normalized spacial score (nSPS) is 17.5. The molecule has 0 aliphatic carbocycles. The van der Waals surface area contributed by atoms with Gasteiger partial charge in [-0.2, -0.15) is 20.5 Å². The summed E-state index contributed by atoms with van der Waals surface area (Å²) in [5, 5.41) is 27.9.